The molecule has 0 saturated heterocycles. The lowest BCUT2D eigenvalue weighted by atomic mass is 9.97. The van der Waals surface area contributed by atoms with Crippen LogP contribution in [0.2, 0.25) is 0 Å². The van der Waals surface area contributed by atoms with E-state index in [0.717, 1.165) is 24.5 Å². The lowest BCUT2D eigenvalue weighted by Crippen LogP contribution is -2.09. The minimum atomic E-state index is 0.249. The summed E-state index contributed by atoms with van der Waals surface area (Å²) in [5, 5.41) is 3.34. The van der Waals surface area contributed by atoms with Crippen LogP contribution in [0.3, 0.4) is 0 Å². The van der Waals surface area contributed by atoms with E-state index in [-0.39, 0.29) is 5.92 Å². The Bertz CT molecular complexity index is 482. The zero-order chi connectivity index (χ0) is 12.8. The second kappa shape index (κ2) is 6.15. The topological polar surface area (TPSA) is 37.8 Å². The molecule has 0 bridgehead atoms. The number of anilines is 1. The third-order valence-electron chi connectivity index (χ3n) is 2.98. The van der Waals surface area contributed by atoms with Gasteiger partial charge < -0.3 is 5.32 Å². The molecule has 1 aromatic carbocycles. The van der Waals surface area contributed by atoms with Crippen LogP contribution < -0.4 is 5.32 Å². The van der Waals surface area contributed by atoms with Gasteiger partial charge in [-0.1, -0.05) is 44.2 Å². The molecule has 2 rings (SSSR count). The van der Waals surface area contributed by atoms with E-state index in [1.807, 2.05) is 6.07 Å². The Balaban J connectivity index is 2.27. The smallest absolute Gasteiger partial charge is 0.148 e. The molecule has 1 atom stereocenters. The Kier molecular flexibility index (Phi) is 4.29. The normalized spacial score (nSPS) is 12.1. The number of nitrogens with zero attached hydrogens (tertiary/aromatic N) is 2. The molecule has 94 valence electrons. The highest BCUT2D eigenvalue weighted by Crippen LogP contribution is 2.26. The van der Waals surface area contributed by atoms with Crippen molar-refractivity contribution < 1.29 is 0 Å². The summed E-state index contributed by atoms with van der Waals surface area (Å²) in [6.45, 7) is 5.23. The second-order valence-corrected chi connectivity index (χ2v) is 4.35. The average molecular weight is 241 g/mol. The summed E-state index contributed by atoms with van der Waals surface area (Å²) in [5.41, 5.74) is 2.27. The van der Waals surface area contributed by atoms with Gasteiger partial charge in [0.15, 0.2) is 0 Å². The van der Waals surface area contributed by atoms with Crippen LogP contribution in [0.25, 0.3) is 0 Å². The Labute approximate surface area is 108 Å². The Morgan fingerprint density at radius 2 is 1.83 bits per heavy atom. The van der Waals surface area contributed by atoms with Crippen molar-refractivity contribution >= 4 is 5.82 Å². The average Bonchev–Trinajstić information content (AvgIpc) is 2.45. The quantitative estimate of drug-likeness (QED) is 0.871. The zero-order valence-corrected chi connectivity index (χ0v) is 10.9. The molecule has 2 aromatic rings. The number of hydrogen-bond donors (Lipinski definition) is 1. The van der Waals surface area contributed by atoms with Crippen LogP contribution in [0, 0.1) is 0 Å². The molecule has 1 aromatic heterocycles. The molecule has 1 unspecified atom stereocenters. The fraction of sp³-hybridized carbons (Fsp3) is 0.333. The summed E-state index contributed by atoms with van der Waals surface area (Å²) in [5.74, 6) is 1.15. The summed E-state index contributed by atoms with van der Waals surface area (Å²) >= 11 is 0. The van der Waals surface area contributed by atoms with Crippen LogP contribution in [0.5, 0.6) is 0 Å². The van der Waals surface area contributed by atoms with Gasteiger partial charge in [-0.05, 0) is 12.0 Å². The van der Waals surface area contributed by atoms with Crippen LogP contribution in [0.1, 0.15) is 37.4 Å². The first-order valence-corrected chi connectivity index (χ1v) is 6.42. The Morgan fingerprint density at radius 1 is 1.11 bits per heavy atom. The van der Waals surface area contributed by atoms with Gasteiger partial charge in [-0.25, -0.2) is 4.98 Å². The molecule has 3 nitrogen and oxygen atoms in total. The summed E-state index contributed by atoms with van der Waals surface area (Å²) in [4.78, 5) is 8.87. The van der Waals surface area contributed by atoms with Crippen LogP contribution in [0.4, 0.5) is 5.82 Å². The molecule has 0 aliphatic carbocycles. The van der Waals surface area contributed by atoms with Crippen molar-refractivity contribution in [2.75, 3.05) is 11.9 Å². The Morgan fingerprint density at radius 3 is 2.56 bits per heavy atom. The lowest BCUT2D eigenvalue weighted by molar-refractivity contribution is 0.850. The first kappa shape index (κ1) is 12.6. The molecule has 0 radical (unpaired) electrons. The molecule has 0 amide bonds. The van der Waals surface area contributed by atoms with Crippen LogP contribution in [0.15, 0.2) is 42.7 Å². The lowest BCUT2D eigenvalue weighted by Gasteiger charge is -2.15. The fourth-order valence-electron chi connectivity index (χ4n) is 1.94. The minimum Gasteiger partial charge on any atom is -0.369 e. The van der Waals surface area contributed by atoms with Crippen molar-refractivity contribution in [1.29, 1.82) is 0 Å². The van der Waals surface area contributed by atoms with Crippen LogP contribution in [-0.4, -0.2) is 16.5 Å². The van der Waals surface area contributed by atoms with Crippen molar-refractivity contribution in [1.82, 2.24) is 9.97 Å². The second-order valence-electron chi connectivity index (χ2n) is 4.35. The van der Waals surface area contributed by atoms with Crippen molar-refractivity contribution in [3.63, 3.8) is 0 Å². The summed E-state index contributed by atoms with van der Waals surface area (Å²) in [6, 6.07) is 10.4. The van der Waals surface area contributed by atoms with Crippen molar-refractivity contribution in [3.05, 3.63) is 54.0 Å². The predicted octanol–water partition coefficient (Wildman–Crippen LogP) is 3.45. The van der Waals surface area contributed by atoms with Gasteiger partial charge in [0.2, 0.25) is 0 Å². The van der Waals surface area contributed by atoms with Gasteiger partial charge in [0.05, 0.1) is 5.69 Å². The van der Waals surface area contributed by atoms with Crippen molar-refractivity contribution in [3.8, 4) is 0 Å². The van der Waals surface area contributed by atoms with E-state index in [4.69, 9.17) is 0 Å². The highest BCUT2D eigenvalue weighted by Gasteiger charge is 2.14. The molecule has 3 heteroatoms. The molecule has 0 saturated carbocycles. The van der Waals surface area contributed by atoms with Gasteiger partial charge in [0.25, 0.3) is 0 Å². The number of hydrogen-bond acceptors (Lipinski definition) is 3. The third-order valence-corrected chi connectivity index (χ3v) is 2.98. The number of rotatable bonds is 5. The first-order valence-electron chi connectivity index (χ1n) is 6.42. The number of benzene rings is 1. The number of nitrogens with one attached hydrogen (secondary N) is 1. The maximum Gasteiger partial charge on any atom is 0.148 e. The number of aromatic nitrogens is 2. The third kappa shape index (κ3) is 2.86. The molecule has 18 heavy (non-hydrogen) atoms. The SMILES string of the molecule is CCCNc1nccnc1C(C)c1ccccc1. The minimum absolute atomic E-state index is 0.249. The van der Waals surface area contributed by atoms with Gasteiger partial charge >= 0.3 is 0 Å². The van der Waals surface area contributed by atoms with Gasteiger partial charge in [-0.15, -0.1) is 0 Å². The molecule has 1 heterocycles. The van der Waals surface area contributed by atoms with Crippen molar-refractivity contribution in [2.45, 2.75) is 26.2 Å². The van der Waals surface area contributed by atoms with Gasteiger partial charge in [-0.3, -0.25) is 4.98 Å². The van der Waals surface area contributed by atoms with E-state index in [9.17, 15) is 0 Å². The monoisotopic (exact) mass is 241 g/mol. The molecule has 0 aliphatic heterocycles. The highest BCUT2D eigenvalue weighted by atomic mass is 15.0. The zero-order valence-electron chi connectivity index (χ0n) is 10.9. The molecular formula is C15H19N3. The maximum absolute atomic E-state index is 4.48. The largest absolute Gasteiger partial charge is 0.369 e. The first-order chi connectivity index (χ1) is 8.83. The molecule has 1 N–H and O–H groups in total. The van der Waals surface area contributed by atoms with E-state index < -0.39 is 0 Å². The van der Waals surface area contributed by atoms with Gasteiger partial charge in [0, 0.05) is 24.9 Å². The maximum atomic E-state index is 4.48. The molecule has 0 fully saturated rings. The van der Waals surface area contributed by atoms with Crippen molar-refractivity contribution in [2.24, 2.45) is 0 Å². The molecule has 0 aliphatic rings. The summed E-state index contributed by atoms with van der Waals surface area (Å²) in [7, 11) is 0. The summed E-state index contributed by atoms with van der Waals surface area (Å²) in [6.07, 6.45) is 4.57. The van der Waals surface area contributed by atoms with E-state index in [1.165, 1.54) is 5.56 Å². The van der Waals surface area contributed by atoms with Gasteiger partial charge in [0.1, 0.15) is 5.82 Å². The van der Waals surface area contributed by atoms with E-state index in [0.29, 0.717) is 0 Å². The van der Waals surface area contributed by atoms with E-state index in [2.05, 4.69) is 53.4 Å². The fourth-order valence-corrected chi connectivity index (χ4v) is 1.94. The highest BCUT2D eigenvalue weighted by molar-refractivity contribution is 5.45. The van der Waals surface area contributed by atoms with Crippen LogP contribution >= 0.6 is 0 Å². The van der Waals surface area contributed by atoms with E-state index >= 15 is 0 Å². The van der Waals surface area contributed by atoms with Crippen LogP contribution in [-0.2, 0) is 0 Å². The summed E-state index contributed by atoms with van der Waals surface area (Å²) < 4.78 is 0. The predicted molar refractivity (Wildman–Crippen MR) is 74.8 cm³/mol. The van der Waals surface area contributed by atoms with E-state index in [1.54, 1.807) is 12.4 Å². The molecular weight excluding hydrogens is 222 g/mol. The molecule has 0 spiro atoms. The van der Waals surface area contributed by atoms with Gasteiger partial charge in [-0.2, -0.15) is 0 Å². The Hall–Kier alpha value is -1.90. The standard InChI is InChI=1S/C15H19N3/c1-3-9-17-15-14(16-10-11-18-15)12(2)13-7-5-4-6-8-13/h4-8,10-12H,3,9H2,1-2H3,(H,17,18).